The van der Waals surface area contributed by atoms with E-state index < -0.39 is 0 Å². The minimum Gasteiger partial charge on any atom is -0.359 e. The molecule has 0 fully saturated rings. The molecule has 0 bridgehead atoms. The lowest BCUT2D eigenvalue weighted by atomic mass is 10.2. The van der Waals surface area contributed by atoms with Gasteiger partial charge in [-0.25, -0.2) is 4.98 Å². The predicted octanol–water partition coefficient (Wildman–Crippen LogP) is 2.89. The van der Waals surface area contributed by atoms with Gasteiger partial charge in [-0.3, -0.25) is 4.98 Å². The average molecular weight is 262 g/mol. The van der Waals surface area contributed by atoms with Crippen LogP contribution in [-0.4, -0.2) is 23.6 Å². The third kappa shape index (κ3) is 3.44. The Bertz CT molecular complexity index is 470. The van der Waals surface area contributed by atoms with Gasteiger partial charge in [0.25, 0.3) is 0 Å². The number of rotatable bonds is 5. The fourth-order valence-electron chi connectivity index (χ4n) is 1.68. The quantitative estimate of drug-likeness (QED) is 0.775. The van der Waals surface area contributed by atoms with E-state index >= 15 is 0 Å². The van der Waals surface area contributed by atoms with E-state index in [1.807, 2.05) is 49.9 Å². The van der Waals surface area contributed by atoms with Crippen LogP contribution in [-0.2, 0) is 12.3 Å². The summed E-state index contributed by atoms with van der Waals surface area (Å²) in [5.41, 5.74) is 2.33. The third-order valence-corrected chi connectivity index (χ3v) is 3.15. The Morgan fingerprint density at radius 1 is 1.11 bits per heavy atom. The van der Waals surface area contributed by atoms with E-state index in [0.717, 1.165) is 24.3 Å². The molecule has 2 rings (SSSR count). The fraction of sp³-hybridized carbons (Fsp3) is 0.286. The van der Waals surface area contributed by atoms with E-state index in [2.05, 4.69) is 14.9 Å². The highest BCUT2D eigenvalue weighted by molar-refractivity contribution is 6.17. The van der Waals surface area contributed by atoms with E-state index in [-0.39, 0.29) is 0 Å². The number of aromatic nitrogens is 2. The predicted molar refractivity (Wildman–Crippen MR) is 75.0 cm³/mol. The van der Waals surface area contributed by atoms with Crippen LogP contribution in [0.2, 0.25) is 0 Å². The zero-order chi connectivity index (χ0) is 12.8. The summed E-state index contributed by atoms with van der Waals surface area (Å²) in [6.45, 7) is 0.928. The smallest absolute Gasteiger partial charge is 0.128 e. The minimum absolute atomic E-state index is 0.508. The van der Waals surface area contributed by atoms with Gasteiger partial charge in [0.2, 0.25) is 0 Å². The van der Waals surface area contributed by atoms with E-state index in [1.165, 1.54) is 5.56 Å². The monoisotopic (exact) mass is 261 g/mol. The summed E-state index contributed by atoms with van der Waals surface area (Å²) in [4.78, 5) is 10.5. The molecule has 0 radical (unpaired) electrons. The highest BCUT2D eigenvalue weighted by Crippen LogP contribution is 2.11. The molecule has 2 aromatic rings. The Morgan fingerprint density at radius 2 is 1.89 bits per heavy atom. The SMILES string of the molecule is CN(CCc1ccncc1)c1ccc(CCl)cn1. The Kier molecular flexibility index (Phi) is 4.53. The molecule has 0 spiro atoms. The van der Waals surface area contributed by atoms with Crippen molar-refractivity contribution in [3.63, 3.8) is 0 Å². The number of nitrogens with zero attached hydrogens (tertiary/aromatic N) is 3. The van der Waals surface area contributed by atoms with Gasteiger partial charge in [0.15, 0.2) is 0 Å². The van der Waals surface area contributed by atoms with Crippen molar-refractivity contribution in [2.45, 2.75) is 12.3 Å². The normalized spacial score (nSPS) is 10.3. The molecule has 2 aromatic heterocycles. The van der Waals surface area contributed by atoms with Crippen LogP contribution in [0.5, 0.6) is 0 Å². The number of hydrogen-bond donors (Lipinski definition) is 0. The van der Waals surface area contributed by atoms with Crippen LogP contribution in [0, 0.1) is 0 Å². The van der Waals surface area contributed by atoms with E-state index in [0.29, 0.717) is 5.88 Å². The first kappa shape index (κ1) is 12.8. The topological polar surface area (TPSA) is 29.0 Å². The third-order valence-electron chi connectivity index (χ3n) is 2.84. The number of pyridine rings is 2. The standard InChI is InChI=1S/C14H16ClN3/c1-18(9-6-12-4-7-16-8-5-12)14-3-2-13(10-15)11-17-14/h2-5,7-8,11H,6,9-10H2,1H3. The zero-order valence-corrected chi connectivity index (χ0v) is 11.1. The molecule has 18 heavy (non-hydrogen) atoms. The summed E-state index contributed by atoms with van der Waals surface area (Å²) in [6, 6.07) is 8.10. The largest absolute Gasteiger partial charge is 0.359 e. The van der Waals surface area contributed by atoms with Crippen LogP contribution >= 0.6 is 11.6 Å². The second-order valence-electron chi connectivity index (χ2n) is 4.19. The minimum atomic E-state index is 0.508. The van der Waals surface area contributed by atoms with Crippen LogP contribution in [0.15, 0.2) is 42.9 Å². The van der Waals surface area contributed by atoms with Gasteiger partial charge in [-0.1, -0.05) is 6.07 Å². The summed E-state index contributed by atoms with van der Waals surface area (Å²) in [5, 5.41) is 0. The maximum atomic E-state index is 5.74. The summed E-state index contributed by atoms with van der Waals surface area (Å²) >= 11 is 5.74. The van der Waals surface area contributed by atoms with Gasteiger partial charge in [0, 0.05) is 38.1 Å². The lowest BCUT2D eigenvalue weighted by Crippen LogP contribution is -2.21. The molecule has 3 nitrogen and oxygen atoms in total. The second-order valence-corrected chi connectivity index (χ2v) is 4.45. The molecular weight excluding hydrogens is 246 g/mol. The van der Waals surface area contributed by atoms with Crippen LogP contribution < -0.4 is 4.90 Å². The van der Waals surface area contributed by atoms with Gasteiger partial charge in [-0.05, 0) is 35.7 Å². The van der Waals surface area contributed by atoms with Crippen molar-refractivity contribution >= 4 is 17.4 Å². The highest BCUT2D eigenvalue weighted by atomic mass is 35.5. The van der Waals surface area contributed by atoms with Crippen molar-refractivity contribution in [2.24, 2.45) is 0 Å². The molecule has 2 heterocycles. The number of anilines is 1. The molecule has 0 amide bonds. The second kappa shape index (κ2) is 6.36. The molecule has 94 valence electrons. The molecule has 0 saturated carbocycles. The van der Waals surface area contributed by atoms with Gasteiger partial charge in [-0.2, -0.15) is 0 Å². The van der Waals surface area contributed by atoms with Crippen LogP contribution in [0.4, 0.5) is 5.82 Å². The number of halogens is 1. The summed E-state index contributed by atoms with van der Waals surface area (Å²) in [6.07, 6.45) is 6.45. The van der Waals surface area contributed by atoms with Crippen molar-refractivity contribution in [1.82, 2.24) is 9.97 Å². The summed E-state index contributed by atoms with van der Waals surface area (Å²) in [7, 11) is 2.05. The van der Waals surface area contributed by atoms with Gasteiger partial charge in [-0.15, -0.1) is 11.6 Å². The lowest BCUT2D eigenvalue weighted by molar-refractivity contribution is 0.857. The maximum absolute atomic E-state index is 5.74. The van der Waals surface area contributed by atoms with E-state index in [9.17, 15) is 0 Å². The first-order chi connectivity index (χ1) is 8.79. The molecule has 0 aliphatic heterocycles. The molecule has 0 unspecified atom stereocenters. The molecule has 4 heteroatoms. The Hall–Kier alpha value is -1.61. The number of alkyl halides is 1. The van der Waals surface area contributed by atoms with Gasteiger partial charge >= 0.3 is 0 Å². The number of hydrogen-bond acceptors (Lipinski definition) is 3. The first-order valence-electron chi connectivity index (χ1n) is 5.90. The van der Waals surface area contributed by atoms with Crippen molar-refractivity contribution in [2.75, 3.05) is 18.5 Å². The molecule has 0 N–H and O–H groups in total. The van der Waals surface area contributed by atoms with E-state index in [1.54, 1.807) is 0 Å². The average Bonchev–Trinajstić information content (AvgIpc) is 2.46. The van der Waals surface area contributed by atoms with E-state index in [4.69, 9.17) is 11.6 Å². The van der Waals surface area contributed by atoms with Gasteiger partial charge in [0.1, 0.15) is 5.82 Å². The fourth-order valence-corrected chi connectivity index (χ4v) is 1.84. The van der Waals surface area contributed by atoms with Gasteiger partial charge < -0.3 is 4.90 Å². The maximum Gasteiger partial charge on any atom is 0.128 e. The van der Waals surface area contributed by atoms with Crippen molar-refractivity contribution < 1.29 is 0 Å². The summed E-state index contributed by atoms with van der Waals surface area (Å²) < 4.78 is 0. The van der Waals surface area contributed by atoms with Crippen molar-refractivity contribution in [3.8, 4) is 0 Å². The van der Waals surface area contributed by atoms with Crippen LogP contribution in [0.25, 0.3) is 0 Å². The first-order valence-corrected chi connectivity index (χ1v) is 6.44. The molecule has 0 aromatic carbocycles. The Morgan fingerprint density at radius 3 is 2.50 bits per heavy atom. The molecule has 0 atom stereocenters. The van der Waals surface area contributed by atoms with Crippen LogP contribution in [0.1, 0.15) is 11.1 Å². The van der Waals surface area contributed by atoms with Crippen molar-refractivity contribution in [3.05, 3.63) is 54.0 Å². The summed E-state index contributed by atoms with van der Waals surface area (Å²) in [5.74, 6) is 1.48. The molecule has 0 aliphatic carbocycles. The Labute approximate surface area is 112 Å². The lowest BCUT2D eigenvalue weighted by Gasteiger charge is -2.18. The molecule has 0 saturated heterocycles. The zero-order valence-electron chi connectivity index (χ0n) is 10.4. The Balaban J connectivity index is 1.93. The number of likely N-dealkylation sites (N-methyl/N-ethyl adjacent to an activating group) is 1. The van der Waals surface area contributed by atoms with Crippen LogP contribution in [0.3, 0.4) is 0 Å². The molecular formula is C14H16ClN3. The highest BCUT2D eigenvalue weighted by Gasteiger charge is 2.02. The molecule has 0 aliphatic rings. The van der Waals surface area contributed by atoms with Gasteiger partial charge in [0.05, 0.1) is 0 Å². The van der Waals surface area contributed by atoms with Crippen molar-refractivity contribution in [1.29, 1.82) is 0 Å².